The third-order valence-electron chi connectivity index (χ3n) is 7.95. The molecule has 4 nitrogen and oxygen atoms in total. The Morgan fingerprint density at radius 3 is 2.22 bits per heavy atom. The Bertz CT molecular complexity index is 1180. The first kappa shape index (κ1) is 26.1. The summed E-state index contributed by atoms with van der Waals surface area (Å²) in [7, 11) is 0. The second kappa shape index (κ2) is 11.9. The molecule has 0 aromatic heterocycles. The molecule has 37 heavy (non-hydrogen) atoms. The van der Waals surface area contributed by atoms with Gasteiger partial charge >= 0.3 is 6.09 Å². The SMILES string of the molecule is O=C1OCC(CCN2CCC(Cc3ccccc3)CC2)(c2ccc(Cl)c(Cl)c2)CN1Cc1ccccc1. The third kappa shape index (κ3) is 6.49. The highest BCUT2D eigenvalue weighted by atomic mass is 35.5. The number of carbonyl (C=O) groups excluding carboxylic acids is 1. The second-order valence-electron chi connectivity index (χ2n) is 10.5. The summed E-state index contributed by atoms with van der Waals surface area (Å²) in [6, 6.07) is 26.7. The molecule has 0 radical (unpaired) electrons. The molecule has 0 N–H and O–H groups in total. The van der Waals surface area contributed by atoms with Gasteiger partial charge in [-0.3, -0.25) is 0 Å². The van der Waals surface area contributed by atoms with Crippen LogP contribution in [0.3, 0.4) is 0 Å². The Morgan fingerprint density at radius 2 is 1.54 bits per heavy atom. The zero-order chi connectivity index (χ0) is 25.7. The first-order chi connectivity index (χ1) is 18.0. The van der Waals surface area contributed by atoms with Gasteiger partial charge < -0.3 is 14.5 Å². The lowest BCUT2D eigenvalue weighted by Crippen LogP contribution is -2.53. The number of benzene rings is 3. The van der Waals surface area contributed by atoms with Gasteiger partial charge in [0.25, 0.3) is 0 Å². The summed E-state index contributed by atoms with van der Waals surface area (Å²) in [4.78, 5) is 17.2. The maximum absolute atomic E-state index is 12.8. The van der Waals surface area contributed by atoms with Crippen LogP contribution >= 0.6 is 23.2 Å². The topological polar surface area (TPSA) is 32.8 Å². The van der Waals surface area contributed by atoms with E-state index in [0.717, 1.165) is 49.5 Å². The standard InChI is InChI=1S/C31H34Cl2N2O2/c32-28-12-11-27(20-29(28)33)31(22-35(30(36)37-23-31)21-26-9-5-2-6-10-26)15-18-34-16-13-25(14-17-34)19-24-7-3-1-4-8-24/h1-12,20,25H,13-19,21-23H2. The lowest BCUT2D eigenvalue weighted by molar-refractivity contribution is 0.0162. The number of nitrogens with zero attached hydrogens (tertiary/aromatic N) is 2. The minimum atomic E-state index is -0.349. The number of hydrogen-bond donors (Lipinski definition) is 0. The Kier molecular flexibility index (Phi) is 8.39. The van der Waals surface area contributed by atoms with Crippen LogP contribution in [-0.4, -0.2) is 48.7 Å². The van der Waals surface area contributed by atoms with Gasteiger partial charge in [-0.25, -0.2) is 4.79 Å². The van der Waals surface area contributed by atoms with Crippen molar-refractivity contribution in [3.8, 4) is 0 Å². The molecule has 0 aliphatic carbocycles. The molecule has 5 rings (SSSR count). The number of likely N-dealkylation sites (tertiary alicyclic amines) is 1. The Labute approximate surface area is 230 Å². The zero-order valence-electron chi connectivity index (χ0n) is 21.1. The highest BCUT2D eigenvalue weighted by molar-refractivity contribution is 6.42. The summed E-state index contributed by atoms with van der Waals surface area (Å²) >= 11 is 12.7. The van der Waals surface area contributed by atoms with Gasteiger partial charge in [-0.1, -0.05) is 89.9 Å². The summed E-state index contributed by atoms with van der Waals surface area (Å²) in [6.07, 6.45) is 4.20. The van der Waals surface area contributed by atoms with Crippen LogP contribution in [0.15, 0.2) is 78.9 Å². The third-order valence-corrected chi connectivity index (χ3v) is 8.69. The number of ether oxygens (including phenoxy) is 1. The maximum Gasteiger partial charge on any atom is 0.410 e. The summed E-state index contributed by atoms with van der Waals surface area (Å²) in [5, 5.41) is 1.07. The van der Waals surface area contributed by atoms with E-state index in [4.69, 9.17) is 27.9 Å². The van der Waals surface area contributed by atoms with Crippen molar-refractivity contribution >= 4 is 29.3 Å². The van der Waals surface area contributed by atoms with Crippen molar-refractivity contribution in [3.05, 3.63) is 106 Å². The molecule has 2 heterocycles. The van der Waals surface area contributed by atoms with Crippen molar-refractivity contribution in [2.75, 3.05) is 32.8 Å². The van der Waals surface area contributed by atoms with E-state index >= 15 is 0 Å². The molecule has 0 bridgehead atoms. The Balaban J connectivity index is 1.28. The number of piperidine rings is 1. The van der Waals surface area contributed by atoms with Crippen LogP contribution in [0, 0.1) is 5.92 Å². The molecule has 1 unspecified atom stereocenters. The van der Waals surface area contributed by atoms with Crippen LogP contribution in [0.5, 0.6) is 0 Å². The van der Waals surface area contributed by atoms with Gasteiger partial charge in [-0.15, -0.1) is 0 Å². The van der Waals surface area contributed by atoms with Crippen molar-refractivity contribution in [3.63, 3.8) is 0 Å². The number of halogens is 2. The minimum absolute atomic E-state index is 0.263. The van der Waals surface area contributed by atoms with E-state index in [-0.39, 0.29) is 11.5 Å². The molecule has 6 heteroatoms. The number of cyclic esters (lactones) is 1. The fourth-order valence-corrected chi connectivity index (χ4v) is 6.02. The van der Waals surface area contributed by atoms with Crippen LogP contribution in [0.2, 0.25) is 10.0 Å². The molecule has 3 aromatic rings. The molecule has 1 atom stereocenters. The predicted molar refractivity (Wildman–Crippen MR) is 150 cm³/mol. The van der Waals surface area contributed by atoms with Crippen molar-refractivity contribution in [2.24, 2.45) is 5.92 Å². The fraction of sp³-hybridized carbons (Fsp3) is 0.387. The van der Waals surface area contributed by atoms with E-state index in [2.05, 4.69) is 35.2 Å². The van der Waals surface area contributed by atoms with Crippen molar-refractivity contribution in [1.29, 1.82) is 0 Å². The van der Waals surface area contributed by atoms with Crippen molar-refractivity contribution < 1.29 is 9.53 Å². The average molecular weight is 538 g/mol. The molecule has 2 aliphatic heterocycles. The minimum Gasteiger partial charge on any atom is -0.448 e. The number of amides is 1. The first-order valence-electron chi connectivity index (χ1n) is 13.2. The number of carbonyl (C=O) groups is 1. The summed E-state index contributed by atoms with van der Waals surface area (Å²) in [6.45, 7) is 4.61. The molecule has 194 valence electrons. The molecule has 2 fully saturated rings. The second-order valence-corrected chi connectivity index (χ2v) is 11.3. The summed E-state index contributed by atoms with van der Waals surface area (Å²) < 4.78 is 5.82. The van der Waals surface area contributed by atoms with Crippen LogP contribution in [0.4, 0.5) is 4.79 Å². The van der Waals surface area contributed by atoms with Gasteiger partial charge in [0.2, 0.25) is 0 Å². The molecular formula is C31H34Cl2N2O2. The van der Waals surface area contributed by atoms with Crippen molar-refractivity contribution in [1.82, 2.24) is 9.80 Å². The molecule has 2 aliphatic rings. The van der Waals surface area contributed by atoms with Gasteiger partial charge in [0.1, 0.15) is 6.61 Å². The van der Waals surface area contributed by atoms with Crippen LogP contribution in [-0.2, 0) is 23.1 Å². The molecule has 1 amide bonds. The monoisotopic (exact) mass is 536 g/mol. The average Bonchev–Trinajstić information content (AvgIpc) is 2.93. The van der Waals surface area contributed by atoms with Crippen LogP contribution in [0.25, 0.3) is 0 Å². The van der Waals surface area contributed by atoms with Gasteiger partial charge in [0, 0.05) is 18.5 Å². The molecule has 2 saturated heterocycles. The van der Waals surface area contributed by atoms with Gasteiger partial charge in [-0.2, -0.15) is 0 Å². The van der Waals surface area contributed by atoms with E-state index in [1.54, 1.807) is 0 Å². The molecular weight excluding hydrogens is 503 g/mol. The Hall–Kier alpha value is -2.53. The molecule has 0 saturated carbocycles. The zero-order valence-corrected chi connectivity index (χ0v) is 22.6. The molecule has 3 aromatic carbocycles. The van der Waals surface area contributed by atoms with Gasteiger partial charge in [-0.05, 0) is 80.1 Å². The predicted octanol–water partition coefficient (Wildman–Crippen LogP) is 7.23. The quantitative estimate of drug-likeness (QED) is 0.304. The number of hydrogen-bond acceptors (Lipinski definition) is 3. The Morgan fingerprint density at radius 1 is 0.865 bits per heavy atom. The largest absolute Gasteiger partial charge is 0.448 e. The normalized spacial score (nSPS) is 21.1. The van der Waals surface area contributed by atoms with Crippen LogP contribution < -0.4 is 0 Å². The van der Waals surface area contributed by atoms with E-state index in [9.17, 15) is 4.79 Å². The van der Waals surface area contributed by atoms with Crippen LogP contribution in [0.1, 0.15) is 36.0 Å². The smallest absolute Gasteiger partial charge is 0.410 e. The highest BCUT2D eigenvalue weighted by Crippen LogP contribution is 2.37. The fourth-order valence-electron chi connectivity index (χ4n) is 5.72. The van der Waals surface area contributed by atoms with E-state index in [1.807, 2.05) is 53.4 Å². The number of rotatable bonds is 8. The summed E-state index contributed by atoms with van der Waals surface area (Å²) in [5.74, 6) is 0.736. The van der Waals surface area contributed by atoms with E-state index in [0.29, 0.717) is 29.7 Å². The van der Waals surface area contributed by atoms with E-state index in [1.165, 1.54) is 18.4 Å². The van der Waals surface area contributed by atoms with Crippen molar-refractivity contribution in [2.45, 2.75) is 37.6 Å². The summed E-state index contributed by atoms with van der Waals surface area (Å²) in [5.41, 5.74) is 3.25. The van der Waals surface area contributed by atoms with E-state index < -0.39 is 0 Å². The van der Waals surface area contributed by atoms with Gasteiger partial charge in [0.15, 0.2) is 0 Å². The lowest BCUT2D eigenvalue weighted by atomic mass is 9.76. The molecule has 0 spiro atoms. The lowest BCUT2D eigenvalue weighted by Gasteiger charge is -2.44. The highest BCUT2D eigenvalue weighted by Gasteiger charge is 2.42. The van der Waals surface area contributed by atoms with Gasteiger partial charge in [0.05, 0.1) is 10.0 Å². The maximum atomic E-state index is 12.8. The first-order valence-corrected chi connectivity index (χ1v) is 13.9.